The average molecular weight is 687 g/mol. The van der Waals surface area contributed by atoms with Crippen LogP contribution in [0.15, 0.2) is 48.6 Å². The molecule has 0 radical (unpaired) electrons. The first-order chi connectivity index (χ1) is 22.3. The highest BCUT2D eigenvalue weighted by atomic mass is 35.5. The predicted molar refractivity (Wildman–Crippen MR) is 179 cm³/mol. The number of fused-ring (bicyclic) bond motifs is 3. The number of nitrogens with zero attached hydrogens (tertiary/aromatic N) is 3. The third-order valence-corrected chi connectivity index (χ3v) is 11.2. The summed E-state index contributed by atoms with van der Waals surface area (Å²) in [5.41, 5.74) is 0.188. The van der Waals surface area contributed by atoms with E-state index in [0.29, 0.717) is 36.0 Å². The topological polar surface area (TPSA) is 137 Å². The van der Waals surface area contributed by atoms with Crippen molar-refractivity contribution in [3.63, 3.8) is 0 Å². The van der Waals surface area contributed by atoms with Crippen molar-refractivity contribution in [1.29, 1.82) is 0 Å². The van der Waals surface area contributed by atoms with Crippen LogP contribution in [0, 0.1) is 11.8 Å². The van der Waals surface area contributed by atoms with Gasteiger partial charge in [0.15, 0.2) is 11.4 Å². The molecule has 2 aromatic carbocycles. The minimum Gasteiger partial charge on any atom is -0.487 e. The van der Waals surface area contributed by atoms with Crippen molar-refractivity contribution in [2.45, 2.75) is 57.2 Å². The number of amides is 2. The number of benzene rings is 2. The zero-order chi connectivity index (χ0) is 33.9. The first kappa shape index (κ1) is 34.9. The molecule has 5 rings (SSSR count). The van der Waals surface area contributed by atoms with Crippen LogP contribution in [0.2, 0.25) is 5.02 Å². The number of nitrogens with one attached hydrogen (secondary N) is 1. The van der Waals surface area contributed by atoms with Gasteiger partial charge >= 0.3 is 10.2 Å². The number of aliphatic hydroxyl groups is 1. The first-order valence-corrected chi connectivity index (χ1v) is 17.8. The fourth-order valence-electron chi connectivity index (χ4n) is 6.32. The molecule has 1 saturated carbocycles. The Hall–Kier alpha value is -3.45. The minimum absolute atomic E-state index is 0.0494. The van der Waals surface area contributed by atoms with E-state index in [1.807, 2.05) is 22.9 Å². The highest BCUT2D eigenvalue weighted by molar-refractivity contribution is 7.87. The maximum Gasteiger partial charge on any atom is 0.303 e. The van der Waals surface area contributed by atoms with Crippen molar-refractivity contribution in [3.8, 4) is 5.75 Å². The molecule has 47 heavy (non-hydrogen) atoms. The summed E-state index contributed by atoms with van der Waals surface area (Å²) in [5, 5.41) is 12.8. The zero-order valence-corrected chi connectivity index (χ0v) is 28.6. The van der Waals surface area contributed by atoms with Crippen LogP contribution in [0.25, 0.3) is 0 Å². The van der Waals surface area contributed by atoms with Gasteiger partial charge in [0.05, 0.1) is 12.1 Å². The molecule has 3 atom stereocenters. The summed E-state index contributed by atoms with van der Waals surface area (Å²) in [7, 11) is -0.249. The second kappa shape index (κ2) is 14.3. The molecule has 0 spiro atoms. The molecule has 1 fully saturated rings. The van der Waals surface area contributed by atoms with E-state index in [0.717, 1.165) is 47.5 Å². The lowest BCUT2D eigenvalue weighted by molar-refractivity contribution is -0.148. The highest BCUT2D eigenvalue weighted by Gasteiger charge is 2.44. The summed E-state index contributed by atoms with van der Waals surface area (Å²) in [6.07, 6.45) is 7.19. The molecule has 13 heteroatoms. The predicted octanol–water partition coefficient (Wildman–Crippen LogP) is 3.58. The van der Waals surface area contributed by atoms with Crippen LogP contribution in [0.4, 0.5) is 5.69 Å². The largest absolute Gasteiger partial charge is 0.487 e. The Morgan fingerprint density at radius 1 is 1.09 bits per heavy atom. The summed E-state index contributed by atoms with van der Waals surface area (Å²) in [5.74, 6) is -1.29. The van der Waals surface area contributed by atoms with Crippen molar-refractivity contribution in [2.24, 2.45) is 11.8 Å². The fourth-order valence-corrected chi connectivity index (χ4v) is 7.10. The van der Waals surface area contributed by atoms with E-state index in [4.69, 9.17) is 16.3 Å². The molecule has 254 valence electrons. The second-order valence-corrected chi connectivity index (χ2v) is 15.2. The van der Waals surface area contributed by atoms with E-state index < -0.39 is 34.0 Å². The first-order valence-electron chi connectivity index (χ1n) is 16.0. The Bertz CT molecular complexity index is 1660. The van der Waals surface area contributed by atoms with E-state index >= 15 is 0 Å². The Morgan fingerprint density at radius 3 is 2.60 bits per heavy atom. The fraction of sp³-hybridized carbons (Fsp3) is 0.500. The van der Waals surface area contributed by atoms with Crippen molar-refractivity contribution in [3.05, 3.63) is 70.3 Å². The third-order valence-electron chi connectivity index (χ3n) is 9.51. The number of ketones is 1. The number of ether oxygens (including phenoxy) is 1. The molecule has 2 amide bonds. The number of aryl methyl sites for hydroxylation is 1. The Kier molecular flexibility index (Phi) is 10.6. The number of allylic oxidation sites excluding steroid dienone is 1. The summed E-state index contributed by atoms with van der Waals surface area (Å²) in [6, 6.07) is 10.5. The van der Waals surface area contributed by atoms with Crippen molar-refractivity contribution in [1.82, 2.24) is 13.9 Å². The normalized spacial score (nSPS) is 25.1. The molecule has 11 nitrogen and oxygen atoms in total. The monoisotopic (exact) mass is 686 g/mol. The molecular formula is C34H43ClN4O7S. The van der Waals surface area contributed by atoms with Crippen molar-refractivity contribution >= 4 is 45.1 Å². The number of rotatable bonds is 3. The van der Waals surface area contributed by atoms with Crippen molar-refractivity contribution in [2.75, 3.05) is 45.7 Å². The van der Waals surface area contributed by atoms with E-state index in [-0.39, 0.29) is 36.3 Å². The zero-order valence-electron chi connectivity index (χ0n) is 27.1. The number of carbonyl (C=O) groups excluding carboxylic acids is 3. The van der Waals surface area contributed by atoms with Crippen molar-refractivity contribution < 1.29 is 32.6 Å². The molecule has 1 aliphatic carbocycles. The van der Waals surface area contributed by atoms with Gasteiger partial charge in [0.2, 0.25) is 5.91 Å². The summed E-state index contributed by atoms with van der Waals surface area (Å²) in [6.45, 7) is 1.63. The maximum atomic E-state index is 13.7. The van der Waals surface area contributed by atoms with Gasteiger partial charge in [-0.15, -0.1) is 0 Å². The summed E-state index contributed by atoms with van der Waals surface area (Å²) >= 11 is 6.32. The van der Waals surface area contributed by atoms with E-state index in [2.05, 4.69) is 4.90 Å². The SMILES string of the molecule is CN1CC/C=C/C(=O)[C@@H]2CC[C@H]2CN2CCCCc3cc(Cl)ccc3COc3ccc(cc32)[C@@](O)(C(=O)NS(=O)(=O)N(C)C)CC1=O. The number of hydrogen-bond donors (Lipinski definition) is 2. The molecule has 3 aliphatic rings. The molecule has 2 heterocycles. The molecule has 0 unspecified atom stereocenters. The molecule has 0 aromatic heterocycles. The summed E-state index contributed by atoms with van der Waals surface area (Å²) < 4.78 is 34.6. The van der Waals surface area contributed by atoms with Gasteiger partial charge in [-0.25, -0.2) is 4.72 Å². The molecule has 0 saturated heterocycles. The van der Waals surface area contributed by atoms with Gasteiger partial charge in [0.1, 0.15) is 12.4 Å². The molecule has 2 aliphatic heterocycles. The van der Waals surface area contributed by atoms with Crippen LogP contribution < -0.4 is 14.4 Å². The van der Waals surface area contributed by atoms with Gasteiger partial charge in [0.25, 0.3) is 5.91 Å². The average Bonchev–Trinajstić information content (AvgIpc) is 3.03. The second-order valence-electron chi connectivity index (χ2n) is 12.9. The van der Waals surface area contributed by atoms with Gasteiger partial charge in [0, 0.05) is 51.7 Å². The van der Waals surface area contributed by atoms with Crippen LogP contribution in [0.1, 0.15) is 55.2 Å². The van der Waals surface area contributed by atoms with Gasteiger partial charge in [-0.05, 0) is 91.5 Å². The number of hydrogen-bond acceptors (Lipinski definition) is 8. The van der Waals surface area contributed by atoms with E-state index in [9.17, 15) is 27.9 Å². The van der Waals surface area contributed by atoms with Gasteiger partial charge < -0.3 is 19.6 Å². The smallest absolute Gasteiger partial charge is 0.303 e. The number of anilines is 1. The molecule has 2 N–H and O–H groups in total. The van der Waals surface area contributed by atoms with Crippen LogP contribution in [0.5, 0.6) is 5.75 Å². The summed E-state index contributed by atoms with van der Waals surface area (Å²) in [4.78, 5) is 43.8. The van der Waals surface area contributed by atoms with Gasteiger partial charge in [-0.3, -0.25) is 14.4 Å². The lowest BCUT2D eigenvalue weighted by Gasteiger charge is -2.40. The lowest BCUT2D eigenvalue weighted by Crippen LogP contribution is -2.51. The quantitative estimate of drug-likeness (QED) is 0.500. The number of halogens is 1. The Morgan fingerprint density at radius 2 is 1.87 bits per heavy atom. The molecule has 2 aromatic rings. The van der Waals surface area contributed by atoms with Gasteiger partial charge in [-0.1, -0.05) is 29.8 Å². The van der Waals surface area contributed by atoms with Crippen LogP contribution >= 0.6 is 11.6 Å². The number of carbonyl (C=O) groups is 3. The minimum atomic E-state index is -4.29. The van der Waals surface area contributed by atoms with Crippen LogP contribution in [-0.4, -0.2) is 81.1 Å². The van der Waals surface area contributed by atoms with Crippen LogP contribution in [0.3, 0.4) is 0 Å². The van der Waals surface area contributed by atoms with E-state index in [1.165, 1.54) is 32.1 Å². The van der Waals surface area contributed by atoms with Crippen LogP contribution in [-0.2, 0) is 43.2 Å². The van der Waals surface area contributed by atoms with E-state index in [1.54, 1.807) is 24.3 Å². The Balaban J connectivity index is 1.63. The molecule has 2 bridgehead atoms. The standard InChI is InChI=1S/C34H43ClN4O7S/c1-37(2)47(44,45)36-33(42)34(43)20-32(41)38(3)16-6-5-9-30(40)28-14-11-24(28)21-39-17-7-4-8-23-18-27(35)13-10-25(23)22-46-31-15-12-26(34)19-29(31)39/h5,9-10,12-13,15,18-19,24,28,43H,4,6-8,11,14,16-17,20-22H2,1-3H3,(H,36,42)/b9-5+/t24-,28+,34+/m0/s1. The highest BCUT2D eigenvalue weighted by Crippen LogP contribution is 2.41. The molecular weight excluding hydrogens is 644 g/mol. The maximum absolute atomic E-state index is 13.7. The third kappa shape index (κ3) is 7.83. The Labute approximate surface area is 281 Å². The van der Waals surface area contributed by atoms with Gasteiger partial charge in [-0.2, -0.15) is 12.7 Å². The lowest BCUT2D eigenvalue weighted by atomic mass is 9.71.